The number of nitrogens with zero attached hydrogens (tertiary/aromatic N) is 2. The van der Waals surface area contributed by atoms with Crippen LogP contribution in [0.4, 0.5) is 11.5 Å². The molecule has 260 valence electrons. The largest absolute Gasteiger partial charge is 0.466 e. The van der Waals surface area contributed by atoms with Crippen LogP contribution in [0, 0.1) is 5.92 Å². The van der Waals surface area contributed by atoms with Gasteiger partial charge in [0, 0.05) is 32.6 Å². The Morgan fingerprint density at radius 2 is 1.44 bits per heavy atom. The second-order valence-electron chi connectivity index (χ2n) is 12.9. The average Bonchev–Trinajstić information content (AvgIpc) is 3.05. The molecule has 0 fully saturated rings. The second-order valence-corrected chi connectivity index (χ2v) is 12.9. The first-order valence-electron chi connectivity index (χ1n) is 18.8. The lowest BCUT2D eigenvalue weighted by Gasteiger charge is -2.22. The number of carbonyl (C=O) groups is 2. The van der Waals surface area contributed by atoms with Crippen molar-refractivity contribution in [3.63, 3.8) is 0 Å². The molecule has 2 N–H and O–H groups in total. The normalized spacial score (nSPS) is 11.3. The summed E-state index contributed by atoms with van der Waals surface area (Å²) in [5.41, 5.74) is 1.03. The quantitative estimate of drug-likeness (QED) is 0.0454. The van der Waals surface area contributed by atoms with Crippen LogP contribution in [0.3, 0.4) is 0 Å². The Morgan fingerprint density at radius 1 is 0.822 bits per heavy atom. The highest BCUT2D eigenvalue weighted by Crippen LogP contribution is 2.21. The van der Waals surface area contributed by atoms with Crippen molar-refractivity contribution in [1.29, 1.82) is 0 Å². The molecule has 0 unspecified atom stereocenters. The van der Waals surface area contributed by atoms with Gasteiger partial charge in [0.2, 0.25) is 0 Å². The first-order chi connectivity index (χ1) is 22.1. The molecule has 1 heterocycles. The summed E-state index contributed by atoms with van der Waals surface area (Å²) in [5.74, 6) is 1.63. The van der Waals surface area contributed by atoms with Crippen molar-refractivity contribution in [3.05, 3.63) is 18.3 Å². The van der Waals surface area contributed by atoms with Gasteiger partial charge in [-0.1, -0.05) is 104 Å². The van der Waals surface area contributed by atoms with Gasteiger partial charge in [-0.05, 0) is 76.2 Å². The monoisotopic (exact) mass is 631 g/mol. The van der Waals surface area contributed by atoms with E-state index in [4.69, 9.17) is 4.74 Å². The number of hydrogen-bond acceptors (Lipinski definition) is 7. The fourth-order valence-corrected chi connectivity index (χ4v) is 6.03. The molecule has 1 aromatic heterocycles. The molecular weight excluding hydrogens is 560 g/mol. The number of anilines is 2. The van der Waals surface area contributed by atoms with E-state index in [1.807, 2.05) is 25.4 Å². The number of rotatable bonds is 33. The molecule has 0 spiro atoms. The zero-order valence-corrected chi connectivity index (χ0v) is 29.6. The highest BCUT2D eigenvalue weighted by Gasteiger charge is 2.11. The van der Waals surface area contributed by atoms with Crippen molar-refractivity contribution < 1.29 is 14.3 Å². The molecule has 0 aromatic carbocycles. The van der Waals surface area contributed by atoms with E-state index in [1.54, 1.807) is 0 Å². The van der Waals surface area contributed by atoms with Crippen LogP contribution in [-0.2, 0) is 14.3 Å². The maximum atomic E-state index is 12.3. The van der Waals surface area contributed by atoms with Gasteiger partial charge in [-0.3, -0.25) is 4.79 Å². The number of aldehydes is 1. The number of hydrogen-bond donors (Lipinski definition) is 2. The predicted octanol–water partition coefficient (Wildman–Crippen LogP) is 9.82. The van der Waals surface area contributed by atoms with Crippen molar-refractivity contribution >= 4 is 23.8 Å². The van der Waals surface area contributed by atoms with E-state index < -0.39 is 0 Å². The number of aromatic nitrogens is 1. The summed E-state index contributed by atoms with van der Waals surface area (Å²) in [7, 11) is 1.93. The highest BCUT2D eigenvalue weighted by atomic mass is 16.5. The number of ether oxygens (including phenoxy) is 1. The van der Waals surface area contributed by atoms with Crippen LogP contribution in [0.5, 0.6) is 0 Å². The van der Waals surface area contributed by atoms with Crippen LogP contribution < -0.4 is 10.6 Å². The molecule has 7 nitrogen and oxygen atoms in total. The summed E-state index contributed by atoms with van der Waals surface area (Å²) in [4.78, 5) is 29.9. The molecule has 0 saturated carbocycles. The number of esters is 1. The lowest BCUT2D eigenvalue weighted by atomic mass is 9.92. The highest BCUT2D eigenvalue weighted by molar-refractivity contribution is 5.69. The minimum absolute atomic E-state index is 0.00523. The molecule has 0 radical (unpaired) electrons. The predicted molar refractivity (Wildman–Crippen MR) is 192 cm³/mol. The summed E-state index contributed by atoms with van der Waals surface area (Å²) in [6.07, 6.45) is 28.1. The third-order valence-corrected chi connectivity index (χ3v) is 8.89. The lowest BCUT2D eigenvalue weighted by molar-refractivity contribution is -0.144. The smallest absolute Gasteiger partial charge is 0.305 e. The van der Waals surface area contributed by atoms with Gasteiger partial charge in [0.25, 0.3) is 0 Å². The third-order valence-electron chi connectivity index (χ3n) is 8.89. The SMILES string of the molecule is CCCCCC(CCCCC)CCOC(=O)CCCCCCCN(CCCCCCCC=O)CCCNc1ncccc1NC. The number of nitrogens with one attached hydrogen (secondary N) is 2. The van der Waals surface area contributed by atoms with E-state index in [2.05, 4.69) is 34.4 Å². The van der Waals surface area contributed by atoms with Crippen LogP contribution in [0.15, 0.2) is 18.3 Å². The zero-order chi connectivity index (χ0) is 32.6. The summed E-state index contributed by atoms with van der Waals surface area (Å²) in [6, 6.07) is 3.99. The van der Waals surface area contributed by atoms with Crippen LogP contribution in [0.25, 0.3) is 0 Å². The topological polar surface area (TPSA) is 83.6 Å². The lowest BCUT2D eigenvalue weighted by Crippen LogP contribution is -2.28. The Morgan fingerprint density at radius 3 is 2.09 bits per heavy atom. The molecule has 0 atom stereocenters. The second kappa shape index (κ2) is 30.5. The maximum absolute atomic E-state index is 12.3. The summed E-state index contributed by atoms with van der Waals surface area (Å²) >= 11 is 0. The van der Waals surface area contributed by atoms with Crippen LogP contribution in [-0.4, -0.2) is 62.0 Å². The van der Waals surface area contributed by atoms with Gasteiger partial charge >= 0.3 is 5.97 Å². The Hall–Kier alpha value is -2.15. The Balaban J connectivity index is 2.25. The third kappa shape index (κ3) is 23.8. The van der Waals surface area contributed by atoms with E-state index in [0.717, 1.165) is 82.5 Å². The average molecular weight is 631 g/mol. The summed E-state index contributed by atoms with van der Waals surface area (Å²) < 4.78 is 5.63. The van der Waals surface area contributed by atoms with Gasteiger partial charge < -0.3 is 25.1 Å². The van der Waals surface area contributed by atoms with Crippen molar-refractivity contribution in [1.82, 2.24) is 9.88 Å². The first kappa shape index (κ1) is 40.9. The minimum Gasteiger partial charge on any atom is -0.466 e. The Labute approximate surface area is 277 Å². The van der Waals surface area contributed by atoms with E-state index in [0.29, 0.717) is 25.4 Å². The van der Waals surface area contributed by atoms with Crippen molar-refractivity contribution in [2.75, 3.05) is 50.5 Å². The molecule has 0 saturated heterocycles. The molecule has 0 aliphatic carbocycles. The maximum Gasteiger partial charge on any atom is 0.305 e. The molecule has 0 aliphatic heterocycles. The van der Waals surface area contributed by atoms with Gasteiger partial charge in [0.15, 0.2) is 0 Å². The van der Waals surface area contributed by atoms with Crippen molar-refractivity contribution in [3.8, 4) is 0 Å². The van der Waals surface area contributed by atoms with Gasteiger partial charge in [0.1, 0.15) is 12.1 Å². The fraction of sp³-hybridized carbons (Fsp3) is 0.816. The van der Waals surface area contributed by atoms with Crippen molar-refractivity contribution in [2.45, 2.75) is 155 Å². The van der Waals surface area contributed by atoms with Crippen LogP contribution in [0.1, 0.15) is 155 Å². The first-order valence-corrected chi connectivity index (χ1v) is 18.8. The number of carbonyl (C=O) groups excluding carboxylic acids is 2. The molecule has 1 aromatic rings. The minimum atomic E-state index is -0.00523. The molecule has 1 rings (SSSR count). The fourth-order valence-electron chi connectivity index (χ4n) is 6.03. The van der Waals surface area contributed by atoms with Gasteiger partial charge in [-0.25, -0.2) is 4.98 Å². The molecule has 0 amide bonds. The zero-order valence-electron chi connectivity index (χ0n) is 29.6. The van der Waals surface area contributed by atoms with Crippen LogP contribution >= 0.6 is 0 Å². The molecule has 45 heavy (non-hydrogen) atoms. The van der Waals surface area contributed by atoms with E-state index in [9.17, 15) is 9.59 Å². The molecule has 0 bridgehead atoms. The molecular formula is C38H70N4O3. The van der Waals surface area contributed by atoms with Gasteiger partial charge in [-0.15, -0.1) is 0 Å². The van der Waals surface area contributed by atoms with Crippen molar-refractivity contribution in [2.24, 2.45) is 5.92 Å². The number of pyridine rings is 1. The van der Waals surface area contributed by atoms with Crippen LogP contribution in [0.2, 0.25) is 0 Å². The summed E-state index contributed by atoms with van der Waals surface area (Å²) in [5, 5.41) is 6.69. The van der Waals surface area contributed by atoms with Gasteiger partial charge in [0.05, 0.1) is 12.3 Å². The van der Waals surface area contributed by atoms with Gasteiger partial charge in [-0.2, -0.15) is 0 Å². The Kier molecular flexibility index (Phi) is 27.7. The van der Waals surface area contributed by atoms with E-state index in [-0.39, 0.29) is 5.97 Å². The molecule has 7 heteroatoms. The van der Waals surface area contributed by atoms with E-state index >= 15 is 0 Å². The standard InChI is InChI=1S/C38H70N4O3/c1-4-6-15-23-35(24-16-7-5-2)27-34-45-37(44)26-17-11-10-13-19-31-42(30-18-12-8-9-14-20-33-43)32-22-29-41-38-36(39-3)25-21-28-40-38/h21,25,28,33,35,39H,4-20,22-24,26-27,29-32,34H2,1-3H3,(H,40,41). The molecule has 0 aliphatic rings. The Bertz CT molecular complexity index is 812. The van der Waals surface area contributed by atoms with E-state index in [1.165, 1.54) is 89.9 Å². The summed E-state index contributed by atoms with van der Waals surface area (Å²) in [6.45, 7) is 9.39. The number of unbranched alkanes of at least 4 members (excludes halogenated alkanes) is 13.